The second kappa shape index (κ2) is 60.4. The smallest absolute Gasteiger partial charge is 0.335 e. The van der Waals surface area contributed by atoms with Crippen LogP contribution in [-0.2, 0) is 42.9 Å². The van der Waals surface area contributed by atoms with Gasteiger partial charge in [-0.2, -0.15) is 0 Å². The van der Waals surface area contributed by atoms with Crippen LogP contribution in [0.25, 0.3) is 0 Å². The third-order valence-corrected chi connectivity index (χ3v) is 15.7. The minimum Gasteiger partial charge on any atom is -0.479 e. The largest absolute Gasteiger partial charge is 0.479 e. The van der Waals surface area contributed by atoms with Gasteiger partial charge in [0, 0.05) is 19.3 Å². The average Bonchev–Trinajstić information content (AvgIpc) is 3.46. The van der Waals surface area contributed by atoms with Gasteiger partial charge >= 0.3 is 23.9 Å². The molecular formula is C73H126O12. The van der Waals surface area contributed by atoms with Crippen LogP contribution in [0.4, 0.5) is 0 Å². The zero-order valence-corrected chi connectivity index (χ0v) is 54.3. The lowest BCUT2D eigenvalue weighted by Crippen LogP contribution is -2.61. The van der Waals surface area contributed by atoms with Crippen LogP contribution in [0, 0.1) is 0 Å². The van der Waals surface area contributed by atoms with E-state index in [1.165, 1.54) is 135 Å². The van der Waals surface area contributed by atoms with Gasteiger partial charge in [0.15, 0.2) is 24.6 Å². The van der Waals surface area contributed by atoms with Crippen LogP contribution >= 0.6 is 0 Å². The molecule has 1 heterocycles. The Morgan fingerprint density at radius 1 is 0.388 bits per heavy atom. The van der Waals surface area contributed by atoms with Gasteiger partial charge in [0.2, 0.25) is 0 Å². The number of hydrogen-bond donors (Lipinski definition) is 3. The lowest BCUT2D eigenvalue weighted by Gasteiger charge is -2.40. The first-order valence-corrected chi connectivity index (χ1v) is 34.9. The van der Waals surface area contributed by atoms with E-state index in [0.29, 0.717) is 19.3 Å². The summed E-state index contributed by atoms with van der Waals surface area (Å²) in [4.78, 5) is 51.5. The van der Waals surface area contributed by atoms with Gasteiger partial charge < -0.3 is 39.0 Å². The summed E-state index contributed by atoms with van der Waals surface area (Å²) in [7, 11) is 0. The standard InChI is InChI=1S/C73H126O12/c1-4-7-10-13-16-19-22-25-28-31-33-36-38-41-44-47-50-53-56-59-65(74)81-62-64(83-66(75)60-57-54-51-48-45-42-40-37-34-32-29-26-23-20-17-14-11-8-5-2)63-82-73-71(69(78)68(77)70(85-73)72(79)80)84-67(76)61-58-55-52-49-46-43-39-35-30-27-24-21-18-15-12-9-6-3/h16-17,19-20,25-30,33,36,64,68-71,73,77-78H,4-15,18,21-24,31-32,34-35,37-63H2,1-3H3,(H,79,80)/b19-16-,20-17-,28-25-,29-26-,30-27-,36-33-. The number of ether oxygens (including phenoxy) is 5. The van der Waals surface area contributed by atoms with Gasteiger partial charge in [0.25, 0.3) is 0 Å². The van der Waals surface area contributed by atoms with Gasteiger partial charge in [-0.1, -0.05) is 254 Å². The number of carbonyl (C=O) groups is 4. The maximum Gasteiger partial charge on any atom is 0.335 e. The van der Waals surface area contributed by atoms with Crippen molar-refractivity contribution in [2.24, 2.45) is 0 Å². The second-order valence-electron chi connectivity index (χ2n) is 23.8. The molecule has 0 aromatic heterocycles. The minimum atomic E-state index is -1.91. The van der Waals surface area contributed by atoms with Crippen LogP contribution in [0.3, 0.4) is 0 Å². The van der Waals surface area contributed by atoms with E-state index in [2.05, 4.69) is 93.7 Å². The van der Waals surface area contributed by atoms with Crippen molar-refractivity contribution in [3.8, 4) is 0 Å². The van der Waals surface area contributed by atoms with Crippen molar-refractivity contribution in [1.82, 2.24) is 0 Å². The molecule has 0 aromatic carbocycles. The van der Waals surface area contributed by atoms with Crippen LogP contribution in [0.2, 0.25) is 0 Å². The van der Waals surface area contributed by atoms with Gasteiger partial charge in [-0.3, -0.25) is 14.4 Å². The van der Waals surface area contributed by atoms with Crippen molar-refractivity contribution in [2.75, 3.05) is 13.2 Å². The number of carbonyl (C=O) groups excluding carboxylic acids is 3. The van der Waals surface area contributed by atoms with Crippen molar-refractivity contribution in [2.45, 2.75) is 353 Å². The molecule has 0 radical (unpaired) electrons. The summed E-state index contributed by atoms with van der Waals surface area (Å²) in [6, 6.07) is 0. The molecule has 6 unspecified atom stereocenters. The highest BCUT2D eigenvalue weighted by atomic mass is 16.7. The highest BCUT2D eigenvalue weighted by Crippen LogP contribution is 2.27. The SMILES string of the molecule is CCCCC/C=C\C/C=C\C/C=C\CCCCCCCCC(=O)OCC(COC1OC(C(=O)O)C(O)C(O)C1OC(=O)CCCCCCCCC/C=C\CCCCCCCC)OC(=O)CCCCCCCCCCC/C=C\C/C=C\CCCCC. The molecule has 0 spiro atoms. The predicted octanol–water partition coefficient (Wildman–Crippen LogP) is 19.2. The average molecular weight is 1200 g/mol. The Hall–Kier alpha value is -3.84. The first-order chi connectivity index (χ1) is 41.6. The van der Waals surface area contributed by atoms with E-state index in [9.17, 15) is 34.5 Å². The molecule has 0 saturated carbocycles. The van der Waals surface area contributed by atoms with Crippen molar-refractivity contribution >= 4 is 23.9 Å². The van der Waals surface area contributed by atoms with Crippen molar-refractivity contribution in [3.63, 3.8) is 0 Å². The second-order valence-corrected chi connectivity index (χ2v) is 23.8. The molecule has 1 aliphatic heterocycles. The Morgan fingerprint density at radius 3 is 1.11 bits per heavy atom. The molecule has 12 nitrogen and oxygen atoms in total. The molecule has 3 N–H and O–H groups in total. The number of esters is 3. The molecule has 490 valence electrons. The number of carboxylic acids is 1. The van der Waals surface area contributed by atoms with E-state index in [0.717, 1.165) is 122 Å². The fourth-order valence-electron chi connectivity index (χ4n) is 10.3. The van der Waals surface area contributed by atoms with Gasteiger partial charge in [-0.25, -0.2) is 4.79 Å². The molecule has 0 bridgehead atoms. The van der Waals surface area contributed by atoms with Crippen LogP contribution in [0.5, 0.6) is 0 Å². The van der Waals surface area contributed by atoms with Crippen LogP contribution in [-0.4, -0.2) is 89.2 Å². The molecule has 1 aliphatic rings. The molecule has 6 atom stereocenters. The summed E-state index contributed by atoms with van der Waals surface area (Å²) in [5.41, 5.74) is 0. The maximum atomic E-state index is 13.2. The summed E-state index contributed by atoms with van der Waals surface area (Å²) in [6.07, 6.45) is 65.6. The van der Waals surface area contributed by atoms with Crippen molar-refractivity contribution in [3.05, 3.63) is 72.9 Å². The molecule has 0 aliphatic carbocycles. The lowest BCUT2D eigenvalue weighted by atomic mass is 9.98. The van der Waals surface area contributed by atoms with Gasteiger partial charge in [-0.15, -0.1) is 0 Å². The molecule has 1 fully saturated rings. The highest BCUT2D eigenvalue weighted by Gasteiger charge is 2.50. The number of hydrogen-bond acceptors (Lipinski definition) is 11. The first kappa shape index (κ1) is 79.2. The summed E-state index contributed by atoms with van der Waals surface area (Å²) < 4.78 is 28.6. The third kappa shape index (κ3) is 49.8. The Balaban J connectivity index is 2.65. The summed E-state index contributed by atoms with van der Waals surface area (Å²) >= 11 is 0. The molecular weight excluding hydrogens is 1070 g/mol. The summed E-state index contributed by atoms with van der Waals surface area (Å²) in [6.45, 7) is 5.97. The number of carboxylic acid groups (broad SMARTS) is 1. The van der Waals surface area contributed by atoms with Crippen molar-refractivity contribution < 1.29 is 58.2 Å². The Bertz CT molecular complexity index is 1750. The van der Waals surface area contributed by atoms with Crippen molar-refractivity contribution in [1.29, 1.82) is 0 Å². The first-order valence-electron chi connectivity index (χ1n) is 34.9. The van der Waals surface area contributed by atoms with Crippen LogP contribution in [0.1, 0.15) is 316 Å². The Labute approximate surface area is 518 Å². The number of aliphatic carboxylic acids is 1. The normalized spacial score (nSPS) is 17.9. The zero-order chi connectivity index (χ0) is 61.7. The topological polar surface area (TPSA) is 175 Å². The summed E-state index contributed by atoms with van der Waals surface area (Å²) in [5, 5.41) is 31.7. The third-order valence-electron chi connectivity index (χ3n) is 15.7. The van der Waals surface area contributed by atoms with E-state index in [1.807, 2.05) is 0 Å². The fourth-order valence-corrected chi connectivity index (χ4v) is 10.3. The minimum absolute atomic E-state index is 0.0533. The number of aliphatic hydroxyl groups is 2. The number of rotatable bonds is 60. The molecule has 85 heavy (non-hydrogen) atoms. The van der Waals surface area contributed by atoms with E-state index in [-0.39, 0.29) is 25.9 Å². The van der Waals surface area contributed by atoms with Gasteiger partial charge in [-0.05, 0) is 116 Å². The van der Waals surface area contributed by atoms with Crippen LogP contribution in [0.15, 0.2) is 72.9 Å². The Kier molecular flexibility index (Phi) is 56.3. The maximum absolute atomic E-state index is 13.2. The summed E-state index contributed by atoms with van der Waals surface area (Å²) in [5.74, 6) is -3.13. The number of unbranched alkanes of at least 4 members (excludes halogenated alkanes) is 34. The highest BCUT2D eigenvalue weighted by molar-refractivity contribution is 5.74. The monoisotopic (exact) mass is 1190 g/mol. The van der Waals surface area contributed by atoms with E-state index >= 15 is 0 Å². The van der Waals surface area contributed by atoms with E-state index < -0.39 is 67.3 Å². The van der Waals surface area contributed by atoms with Crippen LogP contribution < -0.4 is 0 Å². The fraction of sp³-hybridized carbons (Fsp3) is 0.781. The quantitative estimate of drug-likeness (QED) is 0.0228. The Morgan fingerprint density at radius 2 is 0.706 bits per heavy atom. The van der Waals surface area contributed by atoms with Gasteiger partial charge in [0.05, 0.1) is 6.61 Å². The molecule has 0 amide bonds. The molecule has 0 aromatic rings. The number of allylic oxidation sites excluding steroid dienone is 12. The molecule has 1 saturated heterocycles. The molecule has 1 rings (SSSR count). The molecule has 12 heteroatoms. The number of aliphatic hydroxyl groups excluding tert-OH is 2. The lowest BCUT2D eigenvalue weighted by molar-refractivity contribution is -0.301. The van der Waals surface area contributed by atoms with Gasteiger partial charge in [0.1, 0.15) is 18.8 Å². The predicted molar refractivity (Wildman–Crippen MR) is 349 cm³/mol. The van der Waals surface area contributed by atoms with E-state index in [4.69, 9.17) is 23.7 Å². The van der Waals surface area contributed by atoms with E-state index in [1.54, 1.807) is 0 Å². The zero-order valence-electron chi connectivity index (χ0n) is 54.3.